The fourth-order valence-corrected chi connectivity index (χ4v) is 1.68. The zero-order valence-electron chi connectivity index (χ0n) is 9.06. The van der Waals surface area contributed by atoms with E-state index in [1.807, 2.05) is 13.8 Å². The Kier molecular flexibility index (Phi) is 4.36. The van der Waals surface area contributed by atoms with E-state index in [1.54, 1.807) is 0 Å². The van der Waals surface area contributed by atoms with Gasteiger partial charge in [0.05, 0.1) is 6.42 Å². The first kappa shape index (κ1) is 12.6. The van der Waals surface area contributed by atoms with Gasteiger partial charge in [-0.2, -0.15) is 0 Å². The fourth-order valence-electron chi connectivity index (χ4n) is 0.921. The topological polar surface area (TPSA) is 92.2 Å². The number of aliphatic carboxylic acids is 1. The molecule has 0 aromatic carbocycles. The quantitative estimate of drug-likeness (QED) is 0.816. The lowest BCUT2D eigenvalue weighted by molar-refractivity contribution is -0.138. The summed E-state index contributed by atoms with van der Waals surface area (Å²) in [6.45, 7) is 3.97. The Balaban J connectivity index is 2.46. The largest absolute Gasteiger partial charge is 0.481 e. The second kappa shape index (κ2) is 5.55. The van der Waals surface area contributed by atoms with Crippen molar-refractivity contribution in [3.8, 4) is 0 Å². The van der Waals surface area contributed by atoms with Crippen LogP contribution < -0.4 is 5.32 Å². The highest BCUT2D eigenvalue weighted by Crippen LogP contribution is 2.22. The van der Waals surface area contributed by atoms with Crippen molar-refractivity contribution in [2.24, 2.45) is 0 Å². The molecule has 0 radical (unpaired) electrons. The van der Waals surface area contributed by atoms with Crippen molar-refractivity contribution in [1.82, 2.24) is 10.2 Å². The number of nitrogens with one attached hydrogen (secondary N) is 1. The molecule has 0 atom stereocenters. The maximum absolute atomic E-state index is 11.3. The molecule has 0 saturated heterocycles. The van der Waals surface area contributed by atoms with Crippen molar-refractivity contribution in [1.29, 1.82) is 0 Å². The predicted molar refractivity (Wildman–Crippen MR) is 59.5 cm³/mol. The maximum Gasteiger partial charge on any atom is 0.303 e. The number of carbonyl (C=O) groups excluding carboxylic acids is 1. The number of amides is 1. The summed E-state index contributed by atoms with van der Waals surface area (Å²) in [6, 6.07) is 0. The van der Waals surface area contributed by atoms with Gasteiger partial charge in [-0.05, 0) is 0 Å². The van der Waals surface area contributed by atoms with Gasteiger partial charge in [0, 0.05) is 12.3 Å². The van der Waals surface area contributed by atoms with Crippen LogP contribution in [0.15, 0.2) is 0 Å². The molecular weight excluding hydrogens is 230 g/mol. The van der Waals surface area contributed by atoms with Crippen LogP contribution in [0.25, 0.3) is 0 Å². The zero-order chi connectivity index (χ0) is 12.1. The molecule has 6 nitrogen and oxygen atoms in total. The highest BCUT2D eigenvalue weighted by atomic mass is 32.1. The van der Waals surface area contributed by atoms with Crippen LogP contribution >= 0.6 is 11.3 Å². The number of hydrogen-bond donors (Lipinski definition) is 2. The van der Waals surface area contributed by atoms with Crippen LogP contribution in [0.1, 0.15) is 37.6 Å². The number of anilines is 1. The molecule has 0 fully saturated rings. The van der Waals surface area contributed by atoms with E-state index in [4.69, 9.17) is 5.11 Å². The highest BCUT2D eigenvalue weighted by molar-refractivity contribution is 7.15. The first-order valence-electron chi connectivity index (χ1n) is 4.84. The van der Waals surface area contributed by atoms with E-state index in [9.17, 15) is 9.59 Å². The lowest BCUT2D eigenvalue weighted by Gasteiger charge is -1.98. The average molecular weight is 243 g/mol. The normalized spacial score (nSPS) is 10.4. The second-order valence-corrected chi connectivity index (χ2v) is 4.55. The third-order valence-electron chi connectivity index (χ3n) is 1.75. The van der Waals surface area contributed by atoms with Gasteiger partial charge in [-0.25, -0.2) is 0 Å². The molecule has 7 heteroatoms. The van der Waals surface area contributed by atoms with E-state index in [-0.39, 0.29) is 24.7 Å². The number of hydrogen-bond acceptors (Lipinski definition) is 5. The van der Waals surface area contributed by atoms with E-state index in [1.165, 1.54) is 11.3 Å². The lowest BCUT2D eigenvalue weighted by atomic mass is 10.2. The van der Waals surface area contributed by atoms with Gasteiger partial charge < -0.3 is 10.4 Å². The Labute approximate surface area is 96.7 Å². The van der Waals surface area contributed by atoms with Gasteiger partial charge in [0.15, 0.2) is 0 Å². The van der Waals surface area contributed by atoms with Crippen molar-refractivity contribution < 1.29 is 14.7 Å². The first-order valence-corrected chi connectivity index (χ1v) is 5.65. The van der Waals surface area contributed by atoms with Crippen LogP contribution in [-0.4, -0.2) is 27.2 Å². The molecule has 1 heterocycles. The van der Waals surface area contributed by atoms with Crippen molar-refractivity contribution in [2.45, 2.75) is 32.6 Å². The Hall–Kier alpha value is -1.50. The number of carbonyl (C=O) groups is 2. The smallest absolute Gasteiger partial charge is 0.303 e. The van der Waals surface area contributed by atoms with E-state index in [0.717, 1.165) is 5.01 Å². The van der Waals surface area contributed by atoms with Gasteiger partial charge in [0.25, 0.3) is 0 Å². The molecule has 2 N–H and O–H groups in total. The van der Waals surface area contributed by atoms with Crippen LogP contribution in [0.5, 0.6) is 0 Å². The summed E-state index contributed by atoms with van der Waals surface area (Å²) in [5.41, 5.74) is 0. The van der Waals surface area contributed by atoms with Crippen molar-refractivity contribution in [2.75, 3.05) is 5.32 Å². The molecule has 0 aliphatic carbocycles. The summed E-state index contributed by atoms with van der Waals surface area (Å²) in [5, 5.41) is 19.9. The number of carboxylic acids is 1. The van der Waals surface area contributed by atoms with Crippen LogP contribution in [0.4, 0.5) is 5.13 Å². The van der Waals surface area contributed by atoms with Crippen LogP contribution in [0, 0.1) is 0 Å². The standard InChI is InChI=1S/C9H13N3O3S/c1-5(2)8-11-12-9(16-8)10-6(13)3-4-7(14)15/h5H,3-4H2,1-2H3,(H,14,15)(H,10,12,13). The molecule has 1 amide bonds. The minimum absolute atomic E-state index is 0.0497. The Morgan fingerprint density at radius 3 is 2.56 bits per heavy atom. The molecule has 1 aromatic rings. The number of rotatable bonds is 5. The molecule has 1 aromatic heterocycles. The Bertz CT molecular complexity index is 389. The molecule has 0 bridgehead atoms. The second-order valence-electron chi connectivity index (χ2n) is 3.54. The van der Waals surface area contributed by atoms with Crippen molar-refractivity contribution in [3.63, 3.8) is 0 Å². The van der Waals surface area contributed by atoms with Gasteiger partial charge in [-0.1, -0.05) is 25.2 Å². The maximum atomic E-state index is 11.3. The lowest BCUT2D eigenvalue weighted by Crippen LogP contribution is -2.12. The summed E-state index contributed by atoms with van der Waals surface area (Å²) in [7, 11) is 0. The number of nitrogens with zero attached hydrogens (tertiary/aromatic N) is 2. The molecule has 0 aliphatic heterocycles. The minimum atomic E-state index is -0.990. The molecule has 0 spiro atoms. The van der Waals surface area contributed by atoms with Gasteiger partial charge in [-0.15, -0.1) is 10.2 Å². The van der Waals surface area contributed by atoms with Gasteiger partial charge in [0.2, 0.25) is 11.0 Å². The van der Waals surface area contributed by atoms with E-state index in [2.05, 4.69) is 15.5 Å². The van der Waals surface area contributed by atoms with E-state index >= 15 is 0 Å². The Morgan fingerprint density at radius 2 is 2.06 bits per heavy atom. The van der Waals surface area contributed by atoms with E-state index in [0.29, 0.717) is 5.13 Å². The van der Waals surface area contributed by atoms with Gasteiger partial charge in [-0.3, -0.25) is 9.59 Å². The third-order valence-corrected chi connectivity index (χ3v) is 2.89. The molecule has 0 saturated carbocycles. The van der Waals surface area contributed by atoms with Crippen LogP contribution in [-0.2, 0) is 9.59 Å². The van der Waals surface area contributed by atoms with E-state index < -0.39 is 5.97 Å². The Morgan fingerprint density at radius 1 is 1.38 bits per heavy atom. The fraction of sp³-hybridized carbons (Fsp3) is 0.556. The summed E-state index contributed by atoms with van der Waals surface area (Å²) >= 11 is 1.30. The molecular formula is C9H13N3O3S. The van der Waals surface area contributed by atoms with Crippen molar-refractivity contribution >= 4 is 28.3 Å². The SMILES string of the molecule is CC(C)c1nnc(NC(=O)CCC(=O)O)s1. The predicted octanol–water partition coefficient (Wildman–Crippen LogP) is 1.46. The van der Waals surface area contributed by atoms with Crippen LogP contribution in [0.3, 0.4) is 0 Å². The summed E-state index contributed by atoms with van der Waals surface area (Å²) < 4.78 is 0. The van der Waals surface area contributed by atoms with Gasteiger partial charge in [0.1, 0.15) is 5.01 Å². The van der Waals surface area contributed by atoms with Crippen molar-refractivity contribution in [3.05, 3.63) is 5.01 Å². The summed E-state index contributed by atoms with van der Waals surface area (Å²) in [5.74, 6) is -1.08. The summed E-state index contributed by atoms with van der Waals surface area (Å²) in [4.78, 5) is 21.5. The third kappa shape index (κ3) is 3.93. The molecule has 0 unspecified atom stereocenters. The van der Waals surface area contributed by atoms with Gasteiger partial charge >= 0.3 is 5.97 Å². The highest BCUT2D eigenvalue weighted by Gasteiger charge is 2.11. The first-order chi connectivity index (χ1) is 7.49. The monoisotopic (exact) mass is 243 g/mol. The van der Waals surface area contributed by atoms with Crippen LogP contribution in [0.2, 0.25) is 0 Å². The molecule has 16 heavy (non-hydrogen) atoms. The molecule has 0 aliphatic rings. The number of carboxylic acid groups (broad SMARTS) is 1. The molecule has 88 valence electrons. The number of aromatic nitrogens is 2. The zero-order valence-corrected chi connectivity index (χ0v) is 9.87. The minimum Gasteiger partial charge on any atom is -0.481 e. The summed E-state index contributed by atoms with van der Waals surface area (Å²) in [6.07, 6.45) is -0.229. The average Bonchev–Trinajstić information content (AvgIpc) is 2.63. The molecule has 1 rings (SSSR count).